The number of rotatable bonds is 1. The molecule has 0 bridgehead atoms. The van der Waals surface area contributed by atoms with Gasteiger partial charge in [0, 0.05) is 30.9 Å². The Morgan fingerprint density at radius 3 is 3.00 bits per heavy atom. The summed E-state index contributed by atoms with van der Waals surface area (Å²) < 4.78 is 5.34. The van der Waals surface area contributed by atoms with Gasteiger partial charge in [-0.25, -0.2) is 4.98 Å². The van der Waals surface area contributed by atoms with Crippen LogP contribution in [0.4, 0.5) is 5.82 Å². The van der Waals surface area contributed by atoms with Gasteiger partial charge in [-0.15, -0.1) is 0 Å². The molecule has 3 heterocycles. The number of hydrogen-bond acceptors (Lipinski definition) is 3. The van der Waals surface area contributed by atoms with Gasteiger partial charge in [-0.3, -0.25) is 0 Å². The van der Waals surface area contributed by atoms with Crippen molar-refractivity contribution in [2.45, 2.75) is 0 Å². The van der Waals surface area contributed by atoms with Crippen LogP contribution >= 0.6 is 0 Å². The third-order valence-corrected chi connectivity index (χ3v) is 2.76. The zero-order valence-electron chi connectivity index (χ0n) is 8.44. The summed E-state index contributed by atoms with van der Waals surface area (Å²) in [7, 11) is 0. The number of morpholine rings is 1. The number of aromatic nitrogens is 2. The molecule has 1 aliphatic heterocycles. The number of nitrogens with one attached hydrogen (secondary N) is 1. The predicted molar refractivity (Wildman–Crippen MR) is 59.1 cm³/mol. The molecule has 0 amide bonds. The van der Waals surface area contributed by atoms with Crippen LogP contribution in [-0.4, -0.2) is 36.3 Å². The Morgan fingerprint density at radius 1 is 1.27 bits per heavy atom. The van der Waals surface area contributed by atoms with Gasteiger partial charge in [-0.1, -0.05) is 0 Å². The molecule has 15 heavy (non-hydrogen) atoms. The lowest BCUT2D eigenvalue weighted by Gasteiger charge is -2.28. The molecule has 0 radical (unpaired) electrons. The average Bonchev–Trinajstić information content (AvgIpc) is 2.78. The normalized spacial score (nSPS) is 17.2. The highest BCUT2D eigenvalue weighted by Gasteiger charge is 2.15. The monoisotopic (exact) mass is 203 g/mol. The molecule has 0 unspecified atom stereocenters. The minimum atomic E-state index is 0.790. The summed E-state index contributed by atoms with van der Waals surface area (Å²) in [4.78, 5) is 9.95. The lowest BCUT2D eigenvalue weighted by Crippen LogP contribution is -2.36. The second kappa shape index (κ2) is 3.55. The number of pyridine rings is 1. The van der Waals surface area contributed by atoms with Crippen molar-refractivity contribution in [1.82, 2.24) is 9.97 Å². The van der Waals surface area contributed by atoms with Crippen molar-refractivity contribution < 1.29 is 4.74 Å². The van der Waals surface area contributed by atoms with E-state index in [-0.39, 0.29) is 0 Å². The molecule has 4 nitrogen and oxygen atoms in total. The maximum atomic E-state index is 5.34. The lowest BCUT2D eigenvalue weighted by atomic mass is 10.3. The molecule has 1 saturated heterocycles. The minimum Gasteiger partial charge on any atom is -0.378 e. The van der Waals surface area contributed by atoms with Crippen molar-refractivity contribution in [3.05, 3.63) is 24.5 Å². The van der Waals surface area contributed by atoms with Gasteiger partial charge in [-0.05, 0) is 12.1 Å². The first-order chi connectivity index (χ1) is 7.45. The van der Waals surface area contributed by atoms with E-state index in [2.05, 4.69) is 20.9 Å². The fourth-order valence-corrected chi connectivity index (χ4v) is 1.98. The van der Waals surface area contributed by atoms with Crippen molar-refractivity contribution in [3.8, 4) is 0 Å². The van der Waals surface area contributed by atoms with Gasteiger partial charge in [0.25, 0.3) is 0 Å². The first kappa shape index (κ1) is 8.73. The van der Waals surface area contributed by atoms with E-state index in [0.717, 1.165) is 37.6 Å². The number of anilines is 1. The van der Waals surface area contributed by atoms with Gasteiger partial charge >= 0.3 is 0 Å². The number of H-pyrrole nitrogens is 1. The molecule has 0 aliphatic carbocycles. The van der Waals surface area contributed by atoms with Crippen LogP contribution in [0, 0.1) is 0 Å². The van der Waals surface area contributed by atoms with Crippen molar-refractivity contribution in [1.29, 1.82) is 0 Å². The maximum Gasteiger partial charge on any atom is 0.153 e. The molecular weight excluding hydrogens is 190 g/mol. The fraction of sp³-hybridized carbons (Fsp3) is 0.364. The molecule has 78 valence electrons. The largest absolute Gasteiger partial charge is 0.378 e. The Balaban J connectivity index is 2.05. The molecule has 4 heteroatoms. The molecule has 1 aliphatic rings. The van der Waals surface area contributed by atoms with Crippen LogP contribution in [0.1, 0.15) is 0 Å². The molecule has 3 rings (SSSR count). The highest BCUT2D eigenvalue weighted by molar-refractivity contribution is 5.89. The molecule has 0 aromatic carbocycles. The smallest absolute Gasteiger partial charge is 0.153 e. The Morgan fingerprint density at radius 2 is 2.13 bits per heavy atom. The van der Waals surface area contributed by atoms with Crippen LogP contribution in [0.25, 0.3) is 10.9 Å². The topological polar surface area (TPSA) is 41.2 Å². The molecule has 0 saturated carbocycles. The number of aromatic amines is 1. The van der Waals surface area contributed by atoms with E-state index in [0.29, 0.717) is 0 Å². The Labute approximate surface area is 87.9 Å². The van der Waals surface area contributed by atoms with Crippen LogP contribution in [0.5, 0.6) is 0 Å². The summed E-state index contributed by atoms with van der Waals surface area (Å²) in [6.07, 6.45) is 3.82. The summed E-state index contributed by atoms with van der Waals surface area (Å²) in [5.41, 5.74) is 1.12. The van der Waals surface area contributed by atoms with E-state index in [1.807, 2.05) is 18.5 Å². The summed E-state index contributed by atoms with van der Waals surface area (Å²) in [5, 5.41) is 1.21. The highest BCUT2D eigenvalue weighted by atomic mass is 16.5. The number of fused-ring (bicyclic) bond motifs is 1. The van der Waals surface area contributed by atoms with Gasteiger partial charge in [-0.2, -0.15) is 0 Å². The lowest BCUT2D eigenvalue weighted by molar-refractivity contribution is 0.122. The minimum absolute atomic E-state index is 0.790. The molecule has 2 aromatic heterocycles. The third-order valence-electron chi connectivity index (χ3n) is 2.76. The van der Waals surface area contributed by atoms with Crippen LogP contribution < -0.4 is 4.90 Å². The molecule has 0 spiro atoms. The SMILES string of the molecule is c1cc2cc[nH]c2c(N2CCOCC2)n1. The zero-order chi connectivity index (χ0) is 10.1. The zero-order valence-corrected chi connectivity index (χ0v) is 8.44. The van der Waals surface area contributed by atoms with E-state index >= 15 is 0 Å². The maximum absolute atomic E-state index is 5.34. The van der Waals surface area contributed by atoms with Crippen LogP contribution in [0.3, 0.4) is 0 Å². The summed E-state index contributed by atoms with van der Waals surface area (Å²) in [6.45, 7) is 3.42. The predicted octanol–water partition coefficient (Wildman–Crippen LogP) is 1.40. The van der Waals surface area contributed by atoms with Crippen molar-refractivity contribution in [2.24, 2.45) is 0 Å². The summed E-state index contributed by atoms with van der Waals surface area (Å²) >= 11 is 0. The summed E-state index contributed by atoms with van der Waals surface area (Å²) in [5.74, 6) is 1.04. The van der Waals surface area contributed by atoms with E-state index in [9.17, 15) is 0 Å². The first-order valence-corrected chi connectivity index (χ1v) is 5.20. The summed E-state index contributed by atoms with van der Waals surface area (Å²) in [6, 6.07) is 4.09. The Hall–Kier alpha value is -1.55. The second-order valence-corrected chi connectivity index (χ2v) is 3.68. The van der Waals surface area contributed by atoms with E-state index in [4.69, 9.17) is 4.74 Å². The van der Waals surface area contributed by atoms with Crippen LogP contribution in [-0.2, 0) is 4.74 Å². The van der Waals surface area contributed by atoms with E-state index in [1.54, 1.807) is 0 Å². The van der Waals surface area contributed by atoms with Gasteiger partial charge < -0.3 is 14.6 Å². The third kappa shape index (κ3) is 1.47. The van der Waals surface area contributed by atoms with Gasteiger partial charge in [0.2, 0.25) is 0 Å². The molecule has 1 N–H and O–H groups in total. The molecule has 0 atom stereocenters. The Kier molecular flexibility index (Phi) is 2.07. The molecular formula is C11H13N3O. The van der Waals surface area contributed by atoms with Crippen molar-refractivity contribution in [2.75, 3.05) is 31.2 Å². The van der Waals surface area contributed by atoms with Crippen LogP contribution in [0.15, 0.2) is 24.5 Å². The van der Waals surface area contributed by atoms with E-state index < -0.39 is 0 Å². The molecule has 2 aromatic rings. The number of ether oxygens (including phenoxy) is 1. The standard InChI is InChI=1S/C11H13N3O/c1-3-12-10-9(1)2-4-13-11(10)14-5-7-15-8-6-14/h1-4,12H,5-8H2. The van der Waals surface area contributed by atoms with E-state index in [1.165, 1.54) is 5.39 Å². The van der Waals surface area contributed by atoms with Crippen LogP contribution in [0.2, 0.25) is 0 Å². The molecule has 1 fully saturated rings. The highest BCUT2D eigenvalue weighted by Crippen LogP contribution is 2.23. The average molecular weight is 203 g/mol. The first-order valence-electron chi connectivity index (χ1n) is 5.20. The number of nitrogens with zero attached hydrogens (tertiary/aromatic N) is 2. The fourth-order valence-electron chi connectivity index (χ4n) is 1.98. The Bertz CT molecular complexity index is 460. The van der Waals surface area contributed by atoms with Gasteiger partial charge in [0.15, 0.2) is 5.82 Å². The van der Waals surface area contributed by atoms with Gasteiger partial charge in [0.05, 0.1) is 18.7 Å². The number of hydrogen-bond donors (Lipinski definition) is 1. The van der Waals surface area contributed by atoms with Crippen molar-refractivity contribution >= 4 is 16.7 Å². The quantitative estimate of drug-likeness (QED) is 0.761. The second-order valence-electron chi connectivity index (χ2n) is 3.68. The van der Waals surface area contributed by atoms with Crippen molar-refractivity contribution in [3.63, 3.8) is 0 Å². The van der Waals surface area contributed by atoms with Gasteiger partial charge in [0.1, 0.15) is 0 Å².